The largest absolute Gasteiger partial charge is 0.545 e. The van der Waals surface area contributed by atoms with Crippen LogP contribution < -0.4 is 5.11 Å². The SMILES string of the molecule is CC/C=C\C/C=C\C/C=C\C/C=C\C/C=C\C/C=C\C/C=C\C/C=C\C/C=C\C/C=C\C/C=C\CCCCCC(=O)OC(COC(=O)CCCCCCCCC/C=C\C/C=C\CCCCCC)COC(OCC[N+](C)(C)C)C(=O)[O-]. The molecule has 0 saturated heterocycles. The average Bonchev–Trinajstić information content (AvgIpc) is 3.43. The van der Waals surface area contributed by atoms with Crippen LogP contribution in [0, 0.1) is 0 Å². The molecule has 80 heavy (non-hydrogen) atoms. The Labute approximate surface area is 489 Å². The molecule has 0 spiro atoms. The molecule has 0 fully saturated rings. The zero-order valence-electron chi connectivity index (χ0n) is 51.1. The third kappa shape index (κ3) is 60.5. The number of carboxylic acids is 1. The fourth-order valence-corrected chi connectivity index (χ4v) is 7.75. The van der Waals surface area contributed by atoms with Crippen LogP contribution >= 0.6 is 0 Å². The van der Waals surface area contributed by atoms with Gasteiger partial charge in [-0.3, -0.25) is 9.59 Å². The third-order valence-corrected chi connectivity index (χ3v) is 12.5. The molecule has 9 nitrogen and oxygen atoms in total. The van der Waals surface area contributed by atoms with E-state index in [2.05, 4.69) is 172 Å². The first-order valence-corrected chi connectivity index (χ1v) is 31.1. The monoisotopic (exact) mass is 1110 g/mol. The lowest BCUT2D eigenvalue weighted by molar-refractivity contribution is -0.870. The minimum absolute atomic E-state index is 0.131. The molecule has 0 N–H and O–H groups in total. The Morgan fingerprint density at radius 1 is 0.388 bits per heavy atom. The van der Waals surface area contributed by atoms with Gasteiger partial charge >= 0.3 is 11.9 Å². The second kappa shape index (κ2) is 60.0. The number of unbranched alkanes of at least 4 members (excludes halogenated alkanes) is 14. The quantitative estimate of drug-likeness (QED) is 0.0195. The number of quaternary nitrogens is 1. The molecule has 9 heteroatoms. The van der Waals surface area contributed by atoms with Crippen LogP contribution in [0.5, 0.6) is 0 Å². The number of esters is 2. The molecule has 0 amide bonds. The van der Waals surface area contributed by atoms with Gasteiger partial charge in [0, 0.05) is 12.8 Å². The maximum atomic E-state index is 12.9. The fourth-order valence-electron chi connectivity index (χ4n) is 7.75. The minimum atomic E-state index is -1.64. The van der Waals surface area contributed by atoms with E-state index in [9.17, 15) is 19.5 Å². The van der Waals surface area contributed by atoms with Crippen LogP contribution in [-0.2, 0) is 33.3 Å². The molecule has 0 aromatic heterocycles. The molecule has 0 rings (SSSR count). The summed E-state index contributed by atoms with van der Waals surface area (Å²) in [6, 6.07) is 0. The summed E-state index contributed by atoms with van der Waals surface area (Å²) in [5.41, 5.74) is 0. The first-order valence-electron chi connectivity index (χ1n) is 31.1. The lowest BCUT2D eigenvalue weighted by Crippen LogP contribution is -2.44. The normalized spacial score (nSPS) is 13.9. The molecule has 2 atom stereocenters. The molecule has 2 unspecified atom stereocenters. The summed E-state index contributed by atoms with van der Waals surface area (Å²) < 4.78 is 22.6. The standard InChI is InChI=1S/C71H113NO8/c1-6-8-10-12-14-16-18-20-22-24-26-27-28-29-30-31-32-33-34-35-36-37-38-39-40-41-42-43-44-46-48-50-52-54-56-58-60-62-69(74)80-67(66-79-71(70(75)76)77-64-63-72(3,4)5)65-78-68(73)61-59-57-55-53-51-49-47-45-25-23-21-19-17-15-13-11-9-7-2/h8,10,14,16-17,19-20,22-23,25-27,29-30,32-33,35-36,38-39,41-42,44,46,50,52,67,71H,6-7,9,11-13,15,18,21,24,28,31,34,37,40,43,45,47-49,51,53-66H2,1-5H3/b10-8-,16-14-,19-17-,22-20-,25-23-,27-26-,30-29-,33-32-,36-35-,39-38-,42-41-,46-44-,52-50-. The molecular weight excluding hydrogens is 995 g/mol. The van der Waals surface area contributed by atoms with Gasteiger partial charge in [-0.15, -0.1) is 0 Å². The molecule has 0 radical (unpaired) electrons. The third-order valence-electron chi connectivity index (χ3n) is 12.5. The molecule has 0 aromatic rings. The van der Waals surface area contributed by atoms with Crippen LogP contribution in [0.1, 0.15) is 213 Å². The number of aliphatic carboxylic acids is 1. The predicted octanol–water partition coefficient (Wildman–Crippen LogP) is 17.6. The van der Waals surface area contributed by atoms with Crippen LogP contribution in [0.2, 0.25) is 0 Å². The highest BCUT2D eigenvalue weighted by atomic mass is 16.7. The zero-order valence-corrected chi connectivity index (χ0v) is 51.1. The van der Waals surface area contributed by atoms with E-state index in [-0.39, 0.29) is 38.6 Å². The Bertz CT molecular complexity index is 1870. The summed E-state index contributed by atoms with van der Waals surface area (Å²) in [6.07, 6.45) is 85.8. The van der Waals surface area contributed by atoms with E-state index in [1.807, 2.05) is 21.1 Å². The van der Waals surface area contributed by atoms with Crippen molar-refractivity contribution in [2.45, 2.75) is 225 Å². The topological polar surface area (TPSA) is 111 Å². The van der Waals surface area contributed by atoms with Crippen LogP contribution in [0.15, 0.2) is 158 Å². The summed E-state index contributed by atoms with van der Waals surface area (Å²) in [5, 5.41) is 11.8. The number of carboxylic acid groups (broad SMARTS) is 1. The lowest BCUT2D eigenvalue weighted by Gasteiger charge is -2.26. The van der Waals surface area contributed by atoms with Gasteiger partial charge in [0.2, 0.25) is 0 Å². The maximum Gasteiger partial charge on any atom is 0.306 e. The van der Waals surface area contributed by atoms with Gasteiger partial charge in [-0.1, -0.05) is 230 Å². The number of hydrogen-bond donors (Lipinski definition) is 0. The van der Waals surface area contributed by atoms with Crippen molar-refractivity contribution in [1.29, 1.82) is 0 Å². The van der Waals surface area contributed by atoms with E-state index < -0.39 is 24.3 Å². The molecule has 0 saturated carbocycles. The Morgan fingerprint density at radius 3 is 1.07 bits per heavy atom. The van der Waals surface area contributed by atoms with Crippen LogP contribution in [0.25, 0.3) is 0 Å². The highest BCUT2D eigenvalue weighted by molar-refractivity contribution is 5.70. The lowest BCUT2D eigenvalue weighted by atomic mass is 10.1. The first-order chi connectivity index (χ1) is 39.1. The molecule has 0 aliphatic heterocycles. The summed E-state index contributed by atoms with van der Waals surface area (Å²) in [4.78, 5) is 37.3. The van der Waals surface area contributed by atoms with Crippen molar-refractivity contribution in [3.05, 3.63) is 158 Å². The zero-order chi connectivity index (χ0) is 58.3. The molecule has 0 heterocycles. The first kappa shape index (κ1) is 74.9. The number of carbonyl (C=O) groups is 3. The molecular formula is C71H113NO8. The minimum Gasteiger partial charge on any atom is -0.545 e. The number of hydrogen-bond acceptors (Lipinski definition) is 8. The van der Waals surface area contributed by atoms with Gasteiger partial charge in [0.05, 0.1) is 40.3 Å². The maximum absolute atomic E-state index is 12.9. The Balaban J connectivity index is 4.32. The number of rotatable bonds is 55. The van der Waals surface area contributed by atoms with Crippen molar-refractivity contribution in [1.82, 2.24) is 0 Å². The van der Waals surface area contributed by atoms with Gasteiger partial charge in [0.1, 0.15) is 13.2 Å². The van der Waals surface area contributed by atoms with Crippen LogP contribution in [0.3, 0.4) is 0 Å². The van der Waals surface area contributed by atoms with E-state index in [0.29, 0.717) is 17.4 Å². The highest BCUT2D eigenvalue weighted by Crippen LogP contribution is 2.13. The molecule has 0 aliphatic rings. The van der Waals surface area contributed by atoms with Gasteiger partial charge in [-0.25, -0.2) is 0 Å². The van der Waals surface area contributed by atoms with Gasteiger partial charge in [0.25, 0.3) is 0 Å². The number of carbonyl (C=O) groups excluding carboxylic acids is 3. The Morgan fingerprint density at radius 2 is 0.713 bits per heavy atom. The van der Waals surface area contributed by atoms with Crippen molar-refractivity contribution in [3.8, 4) is 0 Å². The number of nitrogens with zero attached hydrogens (tertiary/aromatic N) is 1. The van der Waals surface area contributed by atoms with Gasteiger partial charge in [0.15, 0.2) is 12.4 Å². The summed E-state index contributed by atoms with van der Waals surface area (Å²) in [6.45, 7) is 4.54. The van der Waals surface area contributed by atoms with E-state index >= 15 is 0 Å². The van der Waals surface area contributed by atoms with Crippen molar-refractivity contribution in [2.24, 2.45) is 0 Å². The molecule has 0 bridgehead atoms. The van der Waals surface area contributed by atoms with Crippen molar-refractivity contribution >= 4 is 17.9 Å². The molecule has 450 valence electrons. The van der Waals surface area contributed by atoms with Gasteiger partial charge < -0.3 is 33.3 Å². The number of likely N-dealkylation sites (N-methyl/N-ethyl adjacent to an activating group) is 1. The van der Waals surface area contributed by atoms with Gasteiger partial charge in [-0.2, -0.15) is 0 Å². The predicted molar refractivity (Wildman–Crippen MR) is 338 cm³/mol. The fraction of sp³-hybridized carbons (Fsp3) is 0.592. The van der Waals surface area contributed by atoms with Crippen LogP contribution in [-0.4, -0.2) is 82.3 Å². The summed E-state index contributed by atoms with van der Waals surface area (Å²) in [5.74, 6) is -2.36. The molecule has 0 aromatic carbocycles. The smallest absolute Gasteiger partial charge is 0.306 e. The van der Waals surface area contributed by atoms with Crippen molar-refractivity contribution in [2.75, 3.05) is 47.5 Å². The second-order valence-electron chi connectivity index (χ2n) is 21.3. The Kier molecular flexibility index (Phi) is 56.2. The van der Waals surface area contributed by atoms with Crippen LogP contribution in [0.4, 0.5) is 0 Å². The van der Waals surface area contributed by atoms with Gasteiger partial charge in [-0.05, 0) is 128 Å². The Hall–Kier alpha value is -5.09. The van der Waals surface area contributed by atoms with E-state index in [0.717, 1.165) is 128 Å². The van der Waals surface area contributed by atoms with E-state index in [1.165, 1.54) is 51.4 Å². The highest BCUT2D eigenvalue weighted by Gasteiger charge is 2.22. The number of ether oxygens (including phenoxy) is 4. The van der Waals surface area contributed by atoms with Crippen molar-refractivity contribution in [3.63, 3.8) is 0 Å². The second-order valence-corrected chi connectivity index (χ2v) is 21.3. The summed E-state index contributed by atoms with van der Waals surface area (Å²) >= 11 is 0. The molecule has 0 aliphatic carbocycles. The average molecular weight is 1110 g/mol. The van der Waals surface area contributed by atoms with Crippen molar-refractivity contribution < 1.29 is 42.9 Å². The van der Waals surface area contributed by atoms with E-state index in [1.54, 1.807) is 0 Å². The van der Waals surface area contributed by atoms with E-state index in [4.69, 9.17) is 18.9 Å². The summed E-state index contributed by atoms with van der Waals surface area (Å²) in [7, 11) is 5.89. The number of allylic oxidation sites excluding steroid dienone is 26.